The summed E-state index contributed by atoms with van der Waals surface area (Å²) in [4.78, 5) is 1.83. The fraction of sp³-hybridized carbons (Fsp3) is 0.200. The van der Waals surface area contributed by atoms with Gasteiger partial charge in [-0.2, -0.15) is 0 Å². The molecule has 0 aliphatic rings. The highest BCUT2D eigenvalue weighted by Gasteiger charge is 2.20. The van der Waals surface area contributed by atoms with Gasteiger partial charge in [-0.25, -0.2) is 4.39 Å². The Balaban J connectivity index is 2.42. The maximum atomic E-state index is 13.9. The molecule has 1 unspecified atom stereocenters. The predicted octanol–water partition coefficient (Wildman–Crippen LogP) is 4.38. The Morgan fingerprint density at radius 1 is 1.30 bits per heavy atom. The number of para-hydroxylation sites is 1. The number of likely N-dealkylation sites (N-methyl/N-ethyl adjacent to an activating group) is 1. The van der Waals surface area contributed by atoms with Gasteiger partial charge >= 0.3 is 0 Å². The van der Waals surface area contributed by atoms with Gasteiger partial charge in [0.25, 0.3) is 0 Å². The molecule has 5 heteroatoms. The van der Waals surface area contributed by atoms with E-state index in [0.717, 1.165) is 10.0 Å². The SMILES string of the molecule is CN(c1ccccc1F)C(CN)c1cc(Cl)ccc1Br. The molecule has 0 aliphatic heterocycles. The molecule has 0 aliphatic carbocycles. The Hall–Kier alpha value is -1.10. The van der Waals surface area contributed by atoms with Gasteiger partial charge < -0.3 is 10.6 Å². The lowest BCUT2D eigenvalue weighted by Gasteiger charge is -2.30. The van der Waals surface area contributed by atoms with Crippen molar-refractivity contribution in [2.45, 2.75) is 6.04 Å². The minimum Gasteiger partial charge on any atom is -0.364 e. The van der Waals surface area contributed by atoms with Crippen LogP contribution in [0.2, 0.25) is 5.02 Å². The molecular formula is C15H15BrClFN2. The van der Waals surface area contributed by atoms with Crippen LogP contribution in [0.1, 0.15) is 11.6 Å². The average Bonchev–Trinajstić information content (AvgIpc) is 2.44. The third-order valence-corrected chi connectivity index (χ3v) is 4.20. The molecule has 0 spiro atoms. The first-order valence-corrected chi connectivity index (χ1v) is 7.34. The van der Waals surface area contributed by atoms with Crippen molar-refractivity contribution in [1.29, 1.82) is 0 Å². The van der Waals surface area contributed by atoms with Crippen LogP contribution in [0.15, 0.2) is 46.9 Å². The van der Waals surface area contributed by atoms with Gasteiger partial charge in [-0.3, -0.25) is 0 Å². The standard InChI is InChI=1S/C15H15BrClFN2/c1-20(14-5-3-2-4-13(14)18)15(9-19)11-8-10(17)6-7-12(11)16/h2-8,15H,9,19H2,1H3. The molecule has 0 radical (unpaired) electrons. The Labute approximate surface area is 131 Å². The first-order chi connectivity index (χ1) is 9.54. The van der Waals surface area contributed by atoms with Crippen LogP contribution in [0, 0.1) is 5.82 Å². The van der Waals surface area contributed by atoms with Gasteiger partial charge in [0.1, 0.15) is 5.82 Å². The molecule has 0 amide bonds. The minimum absolute atomic E-state index is 0.167. The van der Waals surface area contributed by atoms with Crippen molar-refractivity contribution in [2.75, 3.05) is 18.5 Å². The van der Waals surface area contributed by atoms with Crippen LogP contribution in [-0.4, -0.2) is 13.6 Å². The lowest BCUT2D eigenvalue weighted by molar-refractivity contribution is 0.602. The first kappa shape index (κ1) is 15.3. The molecule has 0 aromatic heterocycles. The van der Waals surface area contributed by atoms with E-state index in [1.54, 1.807) is 24.3 Å². The summed E-state index contributed by atoms with van der Waals surface area (Å²) in [5.74, 6) is -0.272. The van der Waals surface area contributed by atoms with E-state index in [0.29, 0.717) is 17.3 Å². The van der Waals surface area contributed by atoms with Crippen molar-refractivity contribution in [3.05, 3.63) is 63.3 Å². The molecule has 1 atom stereocenters. The molecule has 2 rings (SSSR count). The normalized spacial score (nSPS) is 12.2. The summed E-state index contributed by atoms with van der Waals surface area (Å²) in [5, 5.41) is 0.628. The molecule has 2 nitrogen and oxygen atoms in total. The van der Waals surface area contributed by atoms with E-state index in [1.165, 1.54) is 6.07 Å². The highest BCUT2D eigenvalue weighted by Crippen LogP contribution is 2.32. The quantitative estimate of drug-likeness (QED) is 0.880. The lowest BCUT2D eigenvalue weighted by atomic mass is 10.0. The molecule has 2 N–H and O–H groups in total. The van der Waals surface area contributed by atoms with E-state index in [1.807, 2.05) is 24.1 Å². The maximum absolute atomic E-state index is 13.9. The van der Waals surface area contributed by atoms with Crippen molar-refractivity contribution in [3.63, 3.8) is 0 Å². The molecule has 106 valence electrons. The molecule has 0 bridgehead atoms. The van der Waals surface area contributed by atoms with E-state index >= 15 is 0 Å². The topological polar surface area (TPSA) is 29.3 Å². The van der Waals surface area contributed by atoms with Gasteiger partial charge in [-0.15, -0.1) is 0 Å². The van der Waals surface area contributed by atoms with E-state index in [-0.39, 0.29) is 11.9 Å². The smallest absolute Gasteiger partial charge is 0.146 e. The number of benzene rings is 2. The zero-order valence-corrected chi connectivity index (χ0v) is 13.3. The van der Waals surface area contributed by atoms with Gasteiger partial charge in [0.2, 0.25) is 0 Å². The van der Waals surface area contributed by atoms with Gasteiger partial charge in [0.05, 0.1) is 11.7 Å². The number of halogens is 3. The van der Waals surface area contributed by atoms with Crippen LogP contribution < -0.4 is 10.6 Å². The van der Waals surface area contributed by atoms with E-state index in [2.05, 4.69) is 15.9 Å². The molecule has 0 saturated heterocycles. The molecule has 0 saturated carbocycles. The van der Waals surface area contributed by atoms with Crippen LogP contribution in [0.5, 0.6) is 0 Å². The second kappa shape index (κ2) is 6.57. The third-order valence-electron chi connectivity index (χ3n) is 3.24. The van der Waals surface area contributed by atoms with Crippen molar-refractivity contribution in [3.8, 4) is 0 Å². The molecule has 0 heterocycles. The summed E-state index contributed by atoms with van der Waals surface area (Å²) in [7, 11) is 1.82. The summed E-state index contributed by atoms with van der Waals surface area (Å²) < 4.78 is 14.8. The monoisotopic (exact) mass is 356 g/mol. The number of hydrogen-bond donors (Lipinski definition) is 1. The van der Waals surface area contributed by atoms with Crippen LogP contribution in [0.3, 0.4) is 0 Å². The maximum Gasteiger partial charge on any atom is 0.146 e. The van der Waals surface area contributed by atoms with Crippen molar-refractivity contribution >= 4 is 33.2 Å². The minimum atomic E-state index is -0.272. The fourth-order valence-electron chi connectivity index (χ4n) is 2.17. The van der Waals surface area contributed by atoms with Crippen LogP contribution in [0.4, 0.5) is 10.1 Å². The largest absolute Gasteiger partial charge is 0.364 e. The number of rotatable bonds is 4. The summed E-state index contributed by atoms with van der Waals surface area (Å²) in [6, 6.07) is 12.0. The number of anilines is 1. The van der Waals surface area contributed by atoms with Gasteiger partial charge in [0, 0.05) is 23.1 Å². The van der Waals surface area contributed by atoms with Gasteiger partial charge in [-0.1, -0.05) is 39.7 Å². The third kappa shape index (κ3) is 3.14. The number of nitrogens with zero attached hydrogens (tertiary/aromatic N) is 1. The Kier molecular flexibility index (Phi) is 5.02. The fourth-order valence-corrected chi connectivity index (χ4v) is 2.86. The van der Waals surface area contributed by atoms with E-state index in [9.17, 15) is 4.39 Å². The van der Waals surface area contributed by atoms with Gasteiger partial charge in [-0.05, 0) is 35.9 Å². The molecule has 2 aromatic carbocycles. The zero-order chi connectivity index (χ0) is 14.7. The molecule has 20 heavy (non-hydrogen) atoms. The predicted molar refractivity (Wildman–Crippen MR) is 85.8 cm³/mol. The number of hydrogen-bond acceptors (Lipinski definition) is 2. The zero-order valence-electron chi connectivity index (χ0n) is 11.0. The second-order valence-corrected chi connectivity index (χ2v) is 5.77. The summed E-state index contributed by atoms with van der Waals surface area (Å²) in [6.07, 6.45) is 0. The van der Waals surface area contributed by atoms with Crippen molar-refractivity contribution in [1.82, 2.24) is 0 Å². The molecular weight excluding hydrogens is 343 g/mol. The van der Waals surface area contributed by atoms with Crippen molar-refractivity contribution in [2.24, 2.45) is 5.73 Å². The Morgan fingerprint density at radius 2 is 2.00 bits per heavy atom. The second-order valence-electron chi connectivity index (χ2n) is 4.48. The average molecular weight is 358 g/mol. The molecule has 2 aromatic rings. The summed E-state index contributed by atoms with van der Waals surface area (Å²) in [6.45, 7) is 0.351. The van der Waals surface area contributed by atoms with Crippen LogP contribution >= 0.6 is 27.5 Å². The van der Waals surface area contributed by atoms with Crippen LogP contribution in [0.25, 0.3) is 0 Å². The van der Waals surface area contributed by atoms with Crippen molar-refractivity contribution < 1.29 is 4.39 Å². The summed E-state index contributed by atoms with van der Waals surface area (Å²) >= 11 is 9.54. The lowest BCUT2D eigenvalue weighted by Crippen LogP contribution is -2.31. The highest BCUT2D eigenvalue weighted by molar-refractivity contribution is 9.10. The Bertz CT molecular complexity index is 606. The highest BCUT2D eigenvalue weighted by atomic mass is 79.9. The van der Waals surface area contributed by atoms with E-state index < -0.39 is 0 Å². The van der Waals surface area contributed by atoms with Gasteiger partial charge in [0.15, 0.2) is 0 Å². The van der Waals surface area contributed by atoms with Crippen LogP contribution in [-0.2, 0) is 0 Å². The number of nitrogens with two attached hydrogens (primary N) is 1. The molecule has 0 fully saturated rings. The van der Waals surface area contributed by atoms with E-state index in [4.69, 9.17) is 17.3 Å². The summed E-state index contributed by atoms with van der Waals surface area (Å²) in [5.41, 5.74) is 7.33. The first-order valence-electron chi connectivity index (χ1n) is 6.17. The Morgan fingerprint density at radius 3 is 2.65 bits per heavy atom.